The molecule has 114 valence electrons. The number of fused-ring (bicyclic) bond motifs is 1. The normalized spacial score (nSPS) is 23.5. The number of hydrogen-bond donors (Lipinski definition) is 1. The van der Waals surface area contributed by atoms with Crippen LogP contribution in [-0.4, -0.2) is 35.1 Å². The van der Waals surface area contributed by atoms with Gasteiger partial charge in [0, 0.05) is 43.0 Å². The first-order valence-electron chi connectivity index (χ1n) is 7.53. The van der Waals surface area contributed by atoms with Crippen LogP contribution in [0.25, 0.3) is 10.8 Å². The van der Waals surface area contributed by atoms with E-state index in [0.29, 0.717) is 12.1 Å². The molecule has 0 spiro atoms. The Morgan fingerprint density at radius 2 is 2.05 bits per heavy atom. The SMILES string of the molecule is C.C[C@@H]1CCNC[C@@H](C)N1Cc1ccc2cnccc2c1. The van der Waals surface area contributed by atoms with E-state index in [1.54, 1.807) is 0 Å². The van der Waals surface area contributed by atoms with Gasteiger partial charge in [0.2, 0.25) is 0 Å². The van der Waals surface area contributed by atoms with E-state index in [4.69, 9.17) is 0 Å². The lowest BCUT2D eigenvalue weighted by molar-refractivity contribution is 0.154. The van der Waals surface area contributed by atoms with Gasteiger partial charge in [-0.3, -0.25) is 9.88 Å². The molecule has 0 bridgehead atoms. The summed E-state index contributed by atoms with van der Waals surface area (Å²) >= 11 is 0. The predicted octanol–water partition coefficient (Wildman–Crippen LogP) is 3.44. The first kappa shape index (κ1) is 15.9. The van der Waals surface area contributed by atoms with Crippen LogP contribution in [0.2, 0.25) is 0 Å². The van der Waals surface area contributed by atoms with Gasteiger partial charge in [-0.2, -0.15) is 0 Å². The van der Waals surface area contributed by atoms with Crippen LogP contribution in [0.3, 0.4) is 0 Å². The predicted molar refractivity (Wildman–Crippen MR) is 90.4 cm³/mol. The lowest BCUT2D eigenvalue weighted by Gasteiger charge is -2.32. The van der Waals surface area contributed by atoms with Crippen molar-refractivity contribution in [2.45, 2.75) is 46.3 Å². The molecule has 2 heterocycles. The molecule has 1 saturated heterocycles. The smallest absolute Gasteiger partial charge is 0.0346 e. The molecule has 1 aliphatic rings. The van der Waals surface area contributed by atoms with Crippen molar-refractivity contribution in [3.05, 3.63) is 42.2 Å². The average Bonchev–Trinajstić information content (AvgIpc) is 2.62. The number of rotatable bonds is 2. The van der Waals surface area contributed by atoms with Gasteiger partial charge in [0.1, 0.15) is 0 Å². The number of nitrogens with zero attached hydrogens (tertiary/aromatic N) is 2. The third-order valence-electron chi connectivity index (χ3n) is 4.38. The second kappa shape index (κ2) is 7.01. The summed E-state index contributed by atoms with van der Waals surface area (Å²) in [4.78, 5) is 6.79. The minimum absolute atomic E-state index is 0. The van der Waals surface area contributed by atoms with Crippen molar-refractivity contribution >= 4 is 10.8 Å². The highest BCUT2D eigenvalue weighted by Crippen LogP contribution is 2.19. The molecule has 1 N–H and O–H groups in total. The summed E-state index contributed by atoms with van der Waals surface area (Å²) < 4.78 is 0. The molecule has 0 unspecified atom stereocenters. The Balaban J connectivity index is 0.00000161. The first-order chi connectivity index (χ1) is 9.74. The molecule has 1 aromatic carbocycles. The highest BCUT2D eigenvalue weighted by molar-refractivity contribution is 5.81. The summed E-state index contributed by atoms with van der Waals surface area (Å²) in [5.74, 6) is 0. The van der Waals surface area contributed by atoms with Crippen LogP contribution >= 0.6 is 0 Å². The molecule has 2 aromatic rings. The fourth-order valence-corrected chi connectivity index (χ4v) is 3.09. The Morgan fingerprint density at radius 1 is 1.19 bits per heavy atom. The zero-order valence-electron chi connectivity index (χ0n) is 12.3. The fraction of sp³-hybridized carbons (Fsp3) is 0.500. The summed E-state index contributed by atoms with van der Waals surface area (Å²) in [6.07, 6.45) is 5.02. The minimum Gasteiger partial charge on any atom is -0.315 e. The number of pyridine rings is 1. The van der Waals surface area contributed by atoms with Crippen LogP contribution in [0, 0.1) is 0 Å². The Hall–Kier alpha value is -1.45. The first-order valence-corrected chi connectivity index (χ1v) is 7.53. The van der Waals surface area contributed by atoms with Crippen molar-refractivity contribution < 1.29 is 0 Å². The molecule has 3 rings (SSSR count). The van der Waals surface area contributed by atoms with Crippen molar-refractivity contribution in [1.82, 2.24) is 15.2 Å². The Kier molecular flexibility index (Phi) is 5.32. The highest BCUT2D eigenvalue weighted by Gasteiger charge is 2.22. The lowest BCUT2D eigenvalue weighted by atomic mass is 10.1. The van der Waals surface area contributed by atoms with E-state index in [9.17, 15) is 0 Å². The zero-order valence-corrected chi connectivity index (χ0v) is 12.3. The van der Waals surface area contributed by atoms with E-state index in [2.05, 4.69) is 53.3 Å². The molecule has 0 amide bonds. The van der Waals surface area contributed by atoms with Crippen molar-refractivity contribution in [2.75, 3.05) is 13.1 Å². The Bertz CT molecular complexity index is 569. The van der Waals surface area contributed by atoms with E-state index in [1.807, 2.05) is 12.4 Å². The topological polar surface area (TPSA) is 28.2 Å². The van der Waals surface area contributed by atoms with Gasteiger partial charge in [-0.05, 0) is 49.9 Å². The Morgan fingerprint density at radius 3 is 2.90 bits per heavy atom. The van der Waals surface area contributed by atoms with Gasteiger partial charge in [0.15, 0.2) is 0 Å². The molecule has 0 aliphatic carbocycles. The molecule has 3 heteroatoms. The third kappa shape index (κ3) is 3.60. The van der Waals surface area contributed by atoms with Crippen molar-refractivity contribution in [1.29, 1.82) is 0 Å². The van der Waals surface area contributed by atoms with Crippen molar-refractivity contribution in [3.8, 4) is 0 Å². The van der Waals surface area contributed by atoms with Crippen molar-refractivity contribution in [3.63, 3.8) is 0 Å². The average molecular weight is 285 g/mol. The number of hydrogen-bond acceptors (Lipinski definition) is 3. The fourth-order valence-electron chi connectivity index (χ4n) is 3.09. The summed E-state index contributed by atoms with van der Waals surface area (Å²) in [6.45, 7) is 7.91. The maximum absolute atomic E-state index is 4.18. The molecule has 0 radical (unpaired) electrons. The summed E-state index contributed by atoms with van der Waals surface area (Å²) in [6, 6.07) is 10.0. The summed E-state index contributed by atoms with van der Waals surface area (Å²) in [5, 5.41) is 6.02. The van der Waals surface area contributed by atoms with Gasteiger partial charge in [0.05, 0.1) is 0 Å². The highest BCUT2D eigenvalue weighted by atomic mass is 15.2. The van der Waals surface area contributed by atoms with E-state index < -0.39 is 0 Å². The molecular formula is C18H27N3. The largest absolute Gasteiger partial charge is 0.315 e. The molecule has 2 atom stereocenters. The molecule has 1 aromatic heterocycles. The molecule has 3 nitrogen and oxygen atoms in total. The maximum atomic E-state index is 4.18. The number of aromatic nitrogens is 1. The van der Waals surface area contributed by atoms with Crippen LogP contribution in [-0.2, 0) is 6.54 Å². The second-order valence-corrected chi connectivity index (χ2v) is 5.92. The molecule has 21 heavy (non-hydrogen) atoms. The number of benzene rings is 1. The molecule has 0 saturated carbocycles. The van der Waals surface area contributed by atoms with Crippen LogP contribution < -0.4 is 5.32 Å². The van der Waals surface area contributed by atoms with Gasteiger partial charge < -0.3 is 5.32 Å². The van der Waals surface area contributed by atoms with E-state index in [-0.39, 0.29) is 7.43 Å². The van der Waals surface area contributed by atoms with Gasteiger partial charge in [-0.1, -0.05) is 19.6 Å². The van der Waals surface area contributed by atoms with Crippen LogP contribution in [0.1, 0.15) is 33.3 Å². The van der Waals surface area contributed by atoms with Crippen LogP contribution in [0.15, 0.2) is 36.7 Å². The van der Waals surface area contributed by atoms with Gasteiger partial charge in [-0.15, -0.1) is 0 Å². The summed E-state index contributed by atoms with van der Waals surface area (Å²) in [7, 11) is 0. The van der Waals surface area contributed by atoms with E-state index in [1.165, 1.54) is 22.8 Å². The standard InChI is InChI=1S/C17H23N3.CH4/c1-13-5-7-18-10-14(2)20(13)12-15-3-4-17-11-19-8-6-16(17)9-15;/h3-4,6,8-9,11,13-14,18H,5,7,10,12H2,1-2H3;1H4/t13-,14-;/m1./s1. The maximum Gasteiger partial charge on any atom is 0.0346 e. The quantitative estimate of drug-likeness (QED) is 0.916. The molecular weight excluding hydrogens is 258 g/mol. The van der Waals surface area contributed by atoms with Crippen molar-refractivity contribution in [2.24, 2.45) is 0 Å². The number of nitrogens with one attached hydrogen (secondary N) is 1. The van der Waals surface area contributed by atoms with Gasteiger partial charge >= 0.3 is 0 Å². The third-order valence-corrected chi connectivity index (χ3v) is 4.38. The molecule has 1 aliphatic heterocycles. The van der Waals surface area contributed by atoms with Gasteiger partial charge in [0.25, 0.3) is 0 Å². The van der Waals surface area contributed by atoms with Gasteiger partial charge in [-0.25, -0.2) is 0 Å². The second-order valence-electron chi connectivity index (χ2n) is 5.92. The Labute approximate surface area is 128 Å². The van der Waals surface area contributed by atoms with Crippen LogP contribution in [0.4, 0.5) is 0 Å². The zero-order chi connectivity index (χ0) is 13.9. The monoisotopic (exact) mass is 285 g/mol. The van der Waals surface area contributed by atoms with Crippen LogP contribution in [0.5, 0.6) is 0 Å². The van der Waals surface area contributed by atoms with E-state index in [0.717, 1.165) is 19.6 Å². The lowest BCUT2D eigenvalue weighted by Crippen LogP contribution is -2.41. The summed E-state index contributed by atoms with van der Waals surface area (Å²) in [5.41, 5.74) is 1.39. The molecule has 1 fully saturated rings. The minimum atomic E-state index is 0. The van der Waals surface area contributed by atoms with E-state index >= 15 is 0 Å².